The Balaban J connectivity index is 1.30. The molecule has 0 unspecified atom stereocenters. The summed E-state index contributed by atoms with van der Waals surface area (Å²) in [5, 5.41) is 10.0. The quantitative estimate of drug-likeness (QED) is 0.703. The lowest BCUT2D eigenvalue weighted by atomic mass is 9.95. The summed E-state index contributed by atoms with van der Waals surface area (Å²) in [6.45, 7) is 2.39. The normalized spacial score (nSPS) is 19.3. The number of nitrogens with one attached hydrogen (secondary N) is 1. The first-order chi connectivity index (χ1) is 14.3. The summed E-state index contributed by atoms with van der Waals surface area (Å²) in [5.74, 6) is 1.20. The molecule has 0 radical (unpaired) electrons. The van der Waals surface area contributed by atoms with Crippen molar-refractivity contribution in [2.75, 3.05) is 24.5 Å². The molecule has 4 heterocycles. The number of rotatable bonds is 5. The lowest BCUT2D eigenvalue weighted by molar-refractivity contribution is -0.125. The number of nitrogens with zero attached hydrogens (tertiary/aromatic N) is 4. The highest BCUT2D eigenvalue weighted by Gasteiger charge is 2.29. The lowest BCUT2D eigenvalue weighted by Crippen LogP contribution is -2.44. The molecule has 5 rings (SSSR count). The van der Waals surface area contributed by atoms with Gasteiger partial charge in [0.2, 0.25) is 5.91 Å². The van der Waals surface area contributed by atoms with Gasteiger partial charge in [-0.15, -0.1) is 11.3 Å². The topological polar surface area (TPSA) is 62.5 Å². The Hall–Kier alpha value is -2.41. The molecule has 0 aromatic carbocycles. The molecule has 7 heteroatoms. The summed E-state index contributed by atoms with van der Waals surface area (Å²) in [6, 6.07) is 4.18. The van der Waals surface area contributed by atoms with Gasteiger partial charge in [0.1, 0.15) is 5.52 Å². The molecule has 1 atom stereocenters. The van der Waals surface area contributed by atoms with E-state index < -0.39 is 0 Å². The summed E-state index contributed by atoms with van der Waals surface area (Å²) in [7, 11) is 0. The monoisotopic (exact) mass is 409 g/mol. The molecular formula is C22H27N5OS. The van der Waals surface area contributed by atoms with Gasteiger partial charge in [0, 0.05) is 42.5 Å². The highest BCUT2D eigenvalue weighted by molar-refractivity contribution is 7.09. The minimum atomic E-state index is 0.0212. The summed E-state index contributed by atoms with van der Waals surface area (Å²) in [5.41, 5.74) is 3.74. The van der Waals surface area contributed by atoms with E-state index in [9.17, 15) is 4.79 Å². The van der Waals surface area contributed by atoms with Crippen LogP contribution in [0.4, 0.5) is 5.82 Å². The van der Waals surface area contributed by atoms with Crippen molar-refractivity contribution < 1.29 is 4.79 Å². The molecule has 1 aliphatic heterocycles. The highest BCUT2D eigenvalue weighted by atomic mass is 32.1. The Morgan fingerprint density at radius 1 is 1.28 bits per heavy atom. The van der Waals surface area contributed by atoms with Gasteiger partial charge in [0.15, 0.2) is 5.82 Å². The smallest absolute Gasteiger partial charge is 0.224 e. The molecule has 6 nitrogen and oxygen atoms in total. The van der Waals surface area contributed by atoms with Crippen molar-refractivity contribution in [1.82, 2.24) is 19.9 Å². The van der Waals surface area contributed by atoms with Gasteiger partial charge in [-0.25, -0.2) is 9.50 Å². The van der Waals surface area contributed by atoms with Crippen molar-refractivity contribution in [2.45, 2.75) is 44.9 Å². The van der Waals surface area contributed by atoms with Crippen LogP contribution < -0.4 is 10.2 Å². The number of aryl methyl sites for hydroxylation is 2. The molecule has 0 spiro atoms. The fraction of sp³-hybridized carbons (Fsp3) is 0.500. The summed E-state index contributed by atoms with van der Waals surface area (Å²) in [4.78, 5) is 21.1. The second-order valence-corrected chi connectivity index (χ2v) is 9.11. The third kappa shape index (κ3) is 3.75. The standard InChI is InChI=1S/C22H27N5OS/c28-22(24-10-9-17-6-4-14-29-17)16-5-3-12-26(15-16)21-20-18-7-1-2-8-19(18)25-27(20)13-11-23-21/h4,6,11,13-14,16H,1-3,5,7-10,12,15H2,(H,24,28)/t16-/m1/s1. The van der Waals surface area contributed by atoms with Crippen molar-refractivity contribution in [2.24, 2.45) is 5.92 Å². The van der Waals surface area contributed by atoms with Gasteiger partial charge >= 0.3 is 0 Å². The van der Waals surface area contributed by atoms with Crippen LogP contribution in [0.5, 0.6) is 0 Å². The van der Waals surface area contributed by atoms with E-state index in [2.05, 4.69) is 27.7 Å². The number of anilines is 1. The number of amides is 1. The third-order valence-corrected chi connectivity index (χ3v) is 7.08. The van der Waals surface area contributed by atoms with Crippen molar-refractivity contribution in [3.63, 3.8) is 0 Å². The SMILES string of the molecule is O=C(NCCc1cccs1)[C@@H]1CCCN(c2nccn3nc4c(c23)CCCC4)C1. The van der Waals surface area contributed by atoms with E-state index in [1.54, 1.807) is 11.3 Å². The Kier molecular flexibility index (Phi) is 5.23. The lowest BCUT2D eigenvalue weighted by Gasteiger charge is -2.33. The first-order valence-electron chi connectivity index (χ1n) is 10.7. The van der Waals surface area contributed by atoms with Crippen LogP contribution in [0.15, 0.2) is 29.9 Å². The van der Waals surface area contributed by atoms with Gasteiger partial charge in [-0.3, -0.25) is 4.79 Å². The maximum absolute atomic E-state index is 12.8. The number of carbonyl (C=O) groups is 1. The molecule has 3 aromatic rings. The Labute approximate surface area is 174 Å². The minimum Gasteiger partial charge on any atom is -0.355 e. The molecule has 1 N–H and O–H groups in total. The minimum absolute atomic E-state index is 0.0212. The first-order valence-corrected chi connectivity index (χ1v) is 11.6. The van der Waals surface area contributed by atoms with Crippen LogP contribution in [0.1, 0.15) is 41.8 Å². The van der Waals surface area contributed by atoms with Crippen LogP contribution in [0, 0.1) is 5.92 Å². The summed E-state index contributed by atoms with van der Waals surface area (Å²) >= 11 is 1.74. The van der Waals surface area contributed by atoms with Crippen LogP contribution in [0.3, 0.4) is 0 Å². The number of fused-ring (bicyclic) bond motifs is 3. The van der Waals surface area contributed by atoms with Crippen molar-refractivity contribution >= 4 is 28.6 Å². The number of carbonyl (C=O) groups excluding carboxylic acids is 1. The zero-order valence-corrected chi connectivity index (χ0v) is 17.5. The second kappa shape index (κ2) is 8.14. The Morgan fingerprint density at radius 3 is 3.10 bits per heavy atom. The van der Waals surface area contributed by atoms with E-state index in [0.29, 0.717) is 6.54 Å². The van der Waals surface area contributed by atoms with E-state index in [0.717, 1.165) is 56.5 Å². The first kappa shape index (κ1) is 18.6. The molecule has 1 amide bonds. The van der Waals surface area contributed by atoms with Crippen LogP contribution in [-0.4, -0.2) is 40.1 Å². The van der Waals surface area contributed by atoms with E-state index in [1.807, 2.05) is 16.9 Å². The maximum atomic E-state index is 12.8. The molecule has 1 saturated heterocycles. The van der Waals surface area contributed by atoms with Gasteiger partial charge in [0.25, 0.3) is 0 Å². The number of hydrogen-bond donors (Lipinski definition) is 1. The third-order valence-electron chi connectivity index (χ3n) is 6.14. The summed E-state index contributed by atoms with van der Waals surface area (Å²) in [6.07, 6.45) is 11.2. The molecule has 0 bridgehead atoms. The van der Waals surface area contributed by atoms with Gasteiger partial charge in [-0.1, -0.05) is 6.07 Å². The van der Waals surface area contributed by atoms with E-state index >= 15 is 0 Å². The molecule has 29 heavy (non-hydrogen) atoms. The number of aromatic nitrogens is 3. The Morgan fingerprint density at radius 2 is 2.21 bits per heavy atom. The van der Waals surface area contributed by atoms with Gasteiger partial charge < -0.3 is 10.2 Å². The van der Waals surface area contributed by atoms with Crippen LogP contribution in [-0.2, 0) is 24.1 Å². The van der Waals surface area contributed by atoms with Gasteiger partial charge in [0.05, 0.1) is 11.6 Å². The molecular weight excluding hydrogens is 382 g/mol. The largest absolute Gasteiger partial charge is 0.355 e. The molecule has 2 aliphatic rings. The predicted molar refractivity (Wildman–Crippen MR) is 116 cm³/mol. The van der Waals surface area contributed by atoms with E-state index in [4.69, 9.17) is 10.1 Å². The summed E-state index contributed by atoms with van der Waals surface area (Å²) < 4.78 is 2.00. The van der Waals surface area contributed by atoms with Crippen LogP contribution in [0.25, 0.3) is 5.52 Å². The Bertz CT molecular complexity index is 996. The van der Waals surface area contributed by atoms with Crippen molar-refractivity contribution in [3.8, 4) is 0 Å². The van der Waals surface area contributed by atoms with Crippen LogP contribution >= 0.6 is 11.3 Å². The molecule has 0 saturated carbocycles. The van der Waals surface area contributed by atoms with Crippen molar-refractivity contribution in [3.05, 3.63) is 46.0 Å². The number of piperidine rings is 1. The number of hydrogen-bond acceptors (Lipinski definition) is 5. The van der Waals surface area contributed by atoms with E-state index in [-0.39, 0.29) is 11.8 Å². The second-order valence-electron chi connectivity index (χ2n) is 8.08. The molecule has 3 aromatic heterocycles. The predicted octanol–water partition coefficient (Wildman–Crippen LogP) is 3.24. The number of thiophene rings is 1. The average molecular weight is 410 g/mol. The molecule has 1 aliphatic carbocycles. The maximum Gasteiger partial charge on any atom is 0.224 e. The molecule has 152 valence electrons. The molecule has 1 fully saturated rings. The van der Waals surface area contributed by atoms with Gasteiger partial charge in [-0.2, -0.15) is 5.10 Å². The van der Waals surface area contributed by atoms with E-state index in [1.165, 1.54) is 29.0 Å². The fourth-order valence-electron chi connectivity index (χ4n) is 4.67. The fourth-order valence-corrected chi connectivity index (χ4v) is 5.38. The van der Waals surface area contributed by atoms with Crippen molar-refractivity contribution in [1.29, 1.82) is 0 Å². The average Bonchev–Trinajstić information content (AvgIpc) is 3.41. The zero-order chi connectivity index (χ0) is 19.6. The van der Waals surface area contributed by atoms with Gasteiger partial charge in [-0.05, 0) is 56.4 Å². The van der Waals surface area contributed by atoms with Crippen LogP contribution in [0.2, 0.25) is 0 Å². The highest BCUT2D eigenvalue weighted by Crippen LogP contribution is 2.32. The zero-order valence-electron chi connectivity index (χ0n) is 16.6.